The van der Waals surface area contributed by atoms with Crippen molar-refractivity contribution in [3.05, 3.63) is 35.6 Å². The minimum absolute atomic E-state index is 0.108. The lowest BCUT2D eigenvalue weighted by atomic mass is 9.80. The van der Waals surface area contributed by atoms with E-state index in [2.05, 4.69) is 10.2 Å². The number of amides is 1. The summed E-state index contributed by atoms with van der Waals surface area (Å²) in [6.07, 6.45) is 5.47. The molecule has 1 amide bonds. The molecule has 2 saturated heterocycles. The molecule has 0 spiro atoms. The molecule has 0 aromatic heterocycles. The molecule has 4 nitrogen and oxygen atoms in total. The Morgan fingerprint density at radius 2 is 1.78 bits per heavy atom. The summed E-state index contributed by atoms with van der Waals surface area (Å²) in [5, 5.41) is 14.1. The number of halogens is 1. The van der Waals surface area contributed by atoms with Crippen molar-refractivity contribution in [1.29, 1.82) is 0 Å². The highest BCUT2D eigenvalue weighted by Gasteiger charge is 2.48. The van der Waals surface area contributed by atoms with Gasteiger partial charge in [-0.25, -0.2) is 4.39 Å². The van der Waals surface area contributed by atoms with Gasteiger partial charge in [-0.15, -0.1) is 0 Å². The van der Waals surface area contributed by atoms with E-state index >= 15 is 0 Å². The van der Waals surface area contributed by atoms with Crippen LogP contribution in [0.5, 0.6) is 0 Å². The molecular weight excluding hydrogens is 295 g/mol. The lowest BCUT2D eigenvalue weighted by molar-refractivity contribution is -0.126. The highest BCUT2D eigenvalue weighted by Crippen LogP contribution is 2.45. The van der Waals surface area contributed by atoms with Gasteiger partial charge in [0.2, 0.25) is 5.91 Å². The van der Waals surface area contributed by atoms with Crippen molar-refractivity contribution < 1.29 is 14.3 Å². The summed E-state index contributed by atoms with van der Waals surface area (Å²) in [6, 6.07) is 7.03. The number of carbonyl (C=O) groups is 1. The molecule has 1 saturated carbocycles. The zero-order valence-electron chi connectivity index (χ0n) is 13.2. The maximum absolute atomic E-state index is 13.1. The lowest BCUT2D eigenvalue weighted by Gasteiger charge is -2.43. The first-order chi connectivity index (χ1) is 11.0. The number of aliphatic hydroxyl groups is 1. The van der Waals surface area contributed by atoms with Crippen molar-refractivity contribution >= 4 is 5.91 Å². The molecule has 5 heteroatoms. The van der Waals surface area contributed by atoms with Gasteiger partial charge in [0.15, 0.2) is 0 Å². The maximum atomic E-state index is 13.1. The molecule has 124 valence electrons. The molecule has 3 fully saturated rings. The van der Waals surface area contributed by atoms with Crippen LogP contribution in [0, 0.1) is 5.82 Å². The number of hydrogen-bond donors (Lipinski definition) is 2. The number of nitrogens with one attached hydrogen (secondary N) is 1. The SMILES string of the molecule is O=C(CN1C2CCC1CC(O)(c1ccc(F)cc1)C2)NC1CC1. The van der Waals surface area contributed by atoms with Crippen LogP contribution in [0.2, 0.25) is 0 Å². The van der Waals surface area contributed by atoms with Gasteiger partial charge < -0.3 is 10.4 Å². The normalized spacial score (nSPS) is 33.7. The van der Waals surface area contributed by atoms with Crippen LogP contribution in [0.4, 0.5) is 4.39 Å². The first-order valence-electron chi connectivity index (χ1n) is 8.57. The molecule has 2 aliphatic heterocycles. The van der Waals surface area contributed by atoms with Crippen molar-refractivity contribution in [3.8, 4) is 0 Å². The van der Waals surface area contributed by atoms with Gasteiger partial charge in [-0.3, -0.25) is 9.69 Å². The zero-order valence-corrected chi connectivity index (χ0v) is 13.2. The molecule has 1 aromatic carbocycles. The van der Waals surface area contributed by atoms with Crippen LogP contribution in [0.3, 0.4) is 0 Å². The van der Waals surface area contributed by atoms with Gasteiger partial charge in [-0.2, -0.15) is 0 Å². The van der Waals surface area contributed by atoms with E-state index in [0.717, 1.165) is 31.2 Å². The molecule has 1 aliphatic carbocycles. The van der Waals surface area contributed by atoms with E-state index in [4.69, 9.17) is 0 Å². The number of fused-ring (bicyclic) bond motifs is 2. The molecule has 2 bridgehead atoms. The number of nitrogens with zero attached hydrogens (tertiary/aromatic N) is 1. The van der Waals surface area contributed by atoms with Crippen LogP contribution in [0.15, 0.2) is 24.3 Å². The fraction of sp³-hybridized carbons (Fsp3) is 0.611. The fourth-order valence-corrected chi connectivity index (χ4v) is 4.24. The Morgan fingerprint density at radius 3 is 2.35 bits per heavy atom. The largest absolute Gasteiger partial charge is 0.385 e. The summed E-state index contributed by atoms with van der Waals surface area (Å²) in [5.41, 5.74) is -0.110. The summed E-state index contributed by atoms with van der Waals surface area (Å²) in [4.78, 5) is 14.4. The van der Waals surface area contributed by atoms with Crippen molar-refractivity contribution in [3.63, 3.8) is 0 Å². The van der Waals surface area contributed by atoms with Crippen molar-refractivity contribution in [1.82, 2.24) is 10.2 Å². The van der Waals surface area contributed by atoms with Gasteiger partial charge in [-0.1, -0.05) is 12.1 Å². The molecule has 3 aliphatic rings. The van der Waals surface area contributed by atoms with E-state index < -0.39 is 5.60 Å². The molecule has 2 heterocycles. The van der Waals surface area contributed by atoms with E-state index in [1.165, 1.54) is 12.1 Å². The predicted molar refractivity (Wildman–Crippen MR) is 84.2 cm³/mol. The predicted octanol–water partition coefficient (Wildman–Crippen LogP) is 1.92. The zero-order chi connectivity index (χ0) is 16.0. The standard InChI is InChI=1S/C18H23FN2O2/c19-13-3-1-12(2-4-13)18(23)9-15-7-8-16(10-18)21(15)11-17(22)20-14-5-6-14/h1-4,14-16,23H,5-11H2,(H,20,22). The van der Waals surface area contributed by atoms with E-state index in [-0.39, 0.29) is 23.8 Å². The van der Waals surface area contributed by atoms with Gasteiger partial charge in [0.05, 0.1) is 12.1 Å². The van der Waals surface area contributed by atoms with Crippen LogP contribution in [-0.4, -0.2) is 40.6 Å². The molecule has 2 atom stereocenters. The van der Waals surface area contributed by atoms with Crippen LogP contribution >= 0.6 is 0 Å². The Kier molecular flexibility index (Phi) is 3.65. The van der Waals surface area contributed by atoms with E-state index in [1.807, 2.05) is 0 Å². The number of carbonyl (C=O) groups excluding carboxylic acids is 1. The highest BCUT2D eigenvalue weighted by atomic mass is 19.1. The van der Waals surface area contributed by atoms with Crippen molar-refractivity contribution in [2.75, 3.05) is 6.54 Å². The number of hydrogen-bond acceptors (Lipinski definition) is 3. The second-order valence-corrected chi connectivity index (χ2v) is 7.35. The van der Waals surface area contributed by atoms with Crippen LogP contribution in [0.1, 0.15) is 44.1 Å². The third kappa shape index (κ3) is 3.00. The van der Waals surface area contributed by atoms with Gasteiger partial charge >= 0.3 is 0 Å². The third-order valence-electron chi connectivity index (χ3n) is 5.57. The Hall–Kier alpha value is -1.46. The Labute approximate surface area is 135 Å². The minimum Gasteiger partial charge on any atom is -0.385 e. The average Bonchev–Trinajstić information content (AvgIpc) is 3.28. The lowest BCUT2D eigenvalue weighted by Crippen LogP contribution is -2.52. The average molecular weight is 318 g/mol. The monoisotopic (exact) mass is 318 g/mol. The van der Waals surface area contributed by atoms with Gasteiger partial charge in [0, 0.05) is 18.1 Å². The summed E-state index contributed by atoms with van der Waals surface area (Å²) < 4.78 is 13.1. The molecule has 2 unspecified atom stereocenters. The third-order valence-corrected chi connectivity index (χ3v) is 5.57. The van der Waals surface area contributed by atoms with Gasteiger partial charge in [-0.05, 0) is 56.2 Å². The van der Waals surface area contributed by atoms with Gasteiger partial charge in [0.1, 0.15) is 5.82 Å². The summed E-state index contributed by atoms with van der Waals surface area (Å²) in [7, 11) is 0. The second-order valence-electron chi connectivity index (χ2n) is 7.35. The number of benzene rings is 1. The van der Waals surface area contributed by atoms with Crippen molar-refractivity contribution in [2.45, 2.75) is 62.3 Å². The topological polar surface area (TPSA) is 52.6 Å². The quantitative estimate of drug-likeness (QED) is 0.892. The highest BCUT2D eigenvalue weighted by molar-refractivity contribution is 5.78. The first-order valence-corrected chi connectivity index (χ1v) is 8.57. The summed E-state index contributed by atoms with van der Waals surface area (Å²) in [5.74, 6) is -0.175. The molecule has 1 aromatic rings. The minimum atomic E-state index is -0.900. The molecule has 0 radical (unpaired) electrons. The number of piperidine rings is 1. The van der Waals surface area contributed by atoms with E-state index in [0.29, 0.717) is 25.4 Å². The summed E-state index contributed by atoms with van der Waals surface area (Å²) >= 11 is 0. The first kappa shape index (κ1) is 15.1. The van der Waals surface area contributed by atoms with Crippen molar-refractivity contribution in [2.24, 2.45) is 0 Å². The van der Waals surface area contributed by atoms with Crippen LogP contribution < -0.4 is 5.32 Å². The van der Waals surface area contributed by atoms with E-state index in [9.17, 15) is 14.3 Å². The molecule has 4 rings (SSSR count). The molecule has 2 N–H and O–H groups in total. The van der Waals surface area contributed by atoms with E-state index in [1.54, 1.807) is 12.1 Å². The Bertz CT molecular complexity index is 586. The Morgan fingerprint density at radius 1 is 1.17 bits per heavy atom. The second kappa shape index (κ2) is 5.56. The van der Waals surface area contributed by atoms with Crippen LogP contribution in [0.25, 0.3) is 0 Å². The fourth-order valence-electron chi connectivity index (χ4n) is 4.24. The summed E-state index contributed by atoms with van der Waals surface area (Å²) in [6.45, 7) is 0.436. The van der Waals surface area contributed by atoms with Crippen LogP contribution in [-0.2, 0) is 10.4 Å². The smallest absolute Gasteiger partial charge is 0.234 e. The van der Waals surface area contributed by atoms with Gasteiger partial charge in [0.25, 0.3) is 0 Å². The molecular formula is C18H23FN2O2. The maximum Gasteiger partial charge on any atom is 0.234 e. The molecule has 23 heavy (non-hydrogen) atoms. The number of rotatable bonds is 4. The Balaban J connectivity index is 1.46.